The molecule has 0 aromatic heterocycles. The number of aromatic hydroxyl groups is 1. The number of carbonyl (C=O) groups excluding carboxylic acids is 4. The lowest BCUT2D eigenvalue weighted by Crippen LogP contribution is -2.54. The van der Waals surface area contributed by atoms with E-state index in [0.29, 0.717) is 38.9 Å². The number of anilines is 3. The van der Waals surface area contributed by atoms with Gasteiger partial charge >= 0.3 is 0 Å². The molecule has 2 heterocycles. The molecule has 9 rings (SSSR count). The summed E-state index contributed by atoms with van der Waals surface area (Å²) in [6.45, 7) is 0. The number of halogens is 2. The van der Waals surface area contributed by atoms with E-state index < -0.39 is 58.5 Å². The quantitative estimate of drug-likeness (QED) is 0.0750. The van der Waals surface area contributed by atoms with Crippen LogP contribution in [-0.4, -0.2) is 62.1 Å². The lowest BCUT2D eigenvalue weighted by molar-refractivity contribution is -0.139. The van der Waals surface area contributed by atoms with Gasteiger partial charge in [0.15, 0.2) is 11.5 Å². The Labute approximate surface area is 379 Å². The Morgan fingerprint density at radius 3 is 2.03 bits per heavy atom. The number of rotatable bonds is 11. The molecule has 0 unspecified atom stereocenters. The number of allylic oxidation sites excluding steroid dienone is 3. The van der Waals surface area contributed by atoms with Crippen molar-refractivity contribution >= 4 is 69.7 Å². The fraction of sp³-hybridized carbons (Fsp3) is 0.240. The number of imide groups is 2. The number of nitrogens with one attached hydrogen (secondary N) is 1. The number of amides is 4. The highest BCUT2D eigenvalue weighted by Crippen LogP contribution is 2.62. The summed E-state index contributed by atoms with van der Waals surface area (Å²) in [5.41, 5.74) is 6.08. The average molecular weight is 895 g/mol. The number of ether oxygens (including phenoxy) is 2. The topological polar surface area (TPSA) is 153 Å². The van der Waals surface area contributed by atoms with Crippen LogP contribution in [0.4, 0.5) is 32.8 Å². The third-order valence-electron chi connectivity index (χ3n) is 13.1. The maximum atomic E-state index is 15.4. The van der Waals surface area contributed by atoms with E-state index in [0.717, 1.165) is 16.3 Å². The Balaban J connectivity index is 1.11. The summed E-state index contributed by atoms with van der Waals surface area (Å²) in [5.74, 6) is -6.34. The van der Waals surface area contributed by atoms with E-state index in [1.165, 1.54) is 43.4 Å². The van der Waals surface area contributed by atoms with Gasteiger partial charge in [-0.2, -0.15) is 15.2 Å². The number of methoxy groups -OCH3 is 2. The molecular weight excluding hydrogens is 851 g/mol. The Morgan fingerprint density at radius 2 is 1.43 bits per heavy atom. The van der Waals surface area contributed by atoms with Crippen molar-refractivity contribution in [2.75, 3.05) is 43.5 Å². The van der Waals surface area contributed by atoms with Gasteiger partial charge in [0.25, 0.3) is 11.8 Å². The van der Waals surface area contributed by atoms with Gasteiger partial charge in [0.1, 0.15) is 5.82 Å². The summed E-state index contributed by atoms with van der Waals surface area (Å²) < 4.78 is 24.9. The fourth-order valence-electron chi connectivity index (χ4n) is 9.97. The lowest BCUT2D eigenvalue weighted by atomic mass is 9.50. The molecule has 4 amide bonds. The predicted molar refractivity (Wildman–Crippen MR) is 244 cm³/mol. The largest absolute Gasteiger partial charge is 0.502 e. The molecule has 3 fully saturated rings. The van der Waals surface area contributed by atoms with Crippen LogP contribution in [0.1, 0.15) is 24.0 Å². The first-order valence-corrected chi connectivity index (χ1v) is 21.4. The second kappa shape index (κ2) is 17.0. The molecule has 2 saturated heterocycles. The zero-order valence-electron chi connectivity index (χ0n) is 35.8. The van der Waals surface area contributed by atoms with Gasteiger partial charge in [-0.15, -0.1) is 0 Å². The first-order chi connectivity index (χ1) is 31.3. The molecule has 5 aromatic carbocycles. The molecule has 13 nitrogen and oxygen atoms in total. The van der Waals surface area contributed by atoms with E-state index >= 15 is 4.79 Å². The molecule has 0 spiro atoms. The number of phenols is 1. The molecule has 65 heavy (non-hydrogen) atoms. The zero-order valence-corrected chi connectivity index (χ0v) is 36.6. The van der Waals surface area contributed by atoms with Crippen molar-refractivity contribution in [3.8, 4) is 17.2 Å². The normalized spacial score (nSPS) is 23.7. The smallest absolute Gasteiger partial charge is 0.260 e. The van der Waals surface area contributed by atoms with E-state index in [1.807, 2.05) is 55.4 Å². The van der Waals surface area contributed by atoms with Crippen molar-refractivity contribution in [3.05, 3.63) is 149 Å². The van der Waals surface area contributed by atoms with Gasteiger partial charge in [0.05, 0.1) is 60.1 Å². The van der Waals surface area contributed by atoms with Gasteiger partial charge in [-0.05, 0) is 127 Å². The van der Waals surface area contributed by atoms with Crippen molar-refractivity contribution in [2.45, 2.75) is 18.3 Å². The van der Waals surface area contributed by atoms with Gasteiger partial charge in [-0.3, -0.25) is 29.5 Å². The molecular formula is C50H44ClFN6O7. The summed E-state index contributed by atoms with van der Waals surface area (Å²) in [5, 5.41) is 20.8. The second-order valence-corrected chi connectivity index (χ2v) is 17.1. The minimum absolute atomic E-state index is 0.0642. The first-order valence-electron chi connectivity index (χ1n) is 21.0. The SMILES string of the molecule is COc1cc(C=C[C@H]2C3=CC[C@@H]4C(=O)N(c5ccc(N=Nc6ccc(N(C)C)cc6)cc5)C(=O)[C@@H]4[C@@H]3C[C@H]3C(=O)N(Nc4ccc(F)cc4)C(=O)[C@@]23c2ccc(Cl)cc2)cc(OC)c1O. The van der Waals surface area contributed by atoms with Crippen LogP contribution in [0.25, 0.3) is 6.08 Å². The van der Waals surface area contributed by atoms with Gasteiger partial charge in [-0.1, -0.05) is 47.5 Å². The van der Waals surface area contributed by atoms with Crippen LogP contribution < -0.4 is 24.7 Å². The van der Waals surface area contributed by atoms with Crippen LogP contribution in [0, 0.1) is 35.4 Å². The molecule has 2 aliphatic carbocycles. The highest BCUT2D eigenvalue weighted by atomic mass is 35.5. The summed E-state index contributed by atoms with van der Waals surface area (Å²) >= 11 is 6.42. The molecule has 2 aliphatic heterocycles. The number of azo groups is 1. The monoisotopic (exact) mass is 894 g/mol. The number of benzene rings is 5. The number of hydrogen-bond acceptors (Lipinski definition) is 11. The lowest BCUT2D eigenvalue weighted by Gasteiger charge is -2.49. The van der Waals surface area contributed by atoms with Crippen LogP contribution >= 0.6 is 11.6 Å². The Morgan fingerprint density at radius 1 is 0.815 bits per heavy atom. The van der Waals surface area contributed by atoms with Crippen molar-refractivity contribution in [3.63, 3.8) is 0 Å². The third-order valence-corrected chi connectivity index (χ3v) is 13.3. The summed E-state index contributed by atoms with van der Waals surface area (Å²) in [4.78, 5) is 62.8. The van der Waals surface area contributed by atoms with Crippen LogP contribution in [0.5, 0.6) is 17.2 Å². The maximum Gasteiger partial charge on any atom is 0.260 e. The predicted octanol–water partition coefficient (Wildman–Crippen LogP) is 9.42. The van der Waals surface area contributed by atoms with Crippen LogP contribution in [0.3, 0.4) is 0 Å². The number of nitrogens with zero attached hydrogens (tertiary/aromatic N) is 5. The summed E-state index contributed by atoms with van der Waals surface area (Å²) in [6.07, 6.45) is 5.82. The minimum atomic E-state index is -1.57. The van der Waals surface area contributed by atoms with E-state index in [4.69, 9.17) is 21.1 Å². The van der Waals surface area contributed by atoms with Gasteiger partial charge < -0.3 is 19.5 Å². The van der Waals surface area contributed by atoms with Gasteiger partial charge in [0.2, 0.25) is 17.6 Å². The highest BCUT2D eigenvalue weighted by Gasteiger charge is 2.69. The summed E-state index contributed by atoms with van der Waals surface area (Å²) in [7, 11) is 6.74. The van der Waals surface area contributed by atoms with Crippen molar-refractivity contribution < 1.29 is 38.1 Å². The van der Waals surface area contributed by atoms with Gasteiger partial charge in [0, 0.05) is 30.7 Å². The number of phenolic OH excluding ortho intramolecular Hbond substituents is 1. The number of hydrazine groups is 1. The molecule has 6 atom stereocenters. The summed E-state index contributed by atoms with van der Waals surface area (Å²) in [6, 6.07) is 29.7. The Hall–Kier alpha value is -7.32. The number of fused-ring (bicyclic) bond motifs is 4. The third kappa shape index (κ3) is 7.37. The van der Waals surface area contributed by atoms with Crippen molar-refractivity contribution in [1.29, 1.82) is 0 Å². The molecule has 0 bridgehead atoms. The molecule has 4 aliphatic rings. The molecule has 330 valence electrons. The zero-order chi connectivity index (χ0) is 45.7. The first kappa shape index (κ1) is 43.0. The molecule has 0 radical (unpaired) electrons. The standard InChI is InChI=1S/C50H44ClFN6O7/c1-56(2)35-18-14-32(15-19-35)53-54-33-16-20-36(21-17-33)57-46(60)38-23-22-37-39(44(38)48(57)62)27-41-47(61)58(55-34-12-10-31(52)11-13-34)49(63)50(41,29-6-8-30(51)9-7-29)40(37)24-5-28-25-42(64-3)45(59)43(26-28)65-4/h5-22,24-26,38-41,44,55,59H,23,27H2,1-4H3/t38-,39+,40-,41-,44-,50-/m0/s1. The van der Waals surface area contributed by atoms with Crippen LogP contribution in [0.2, 0.25) is 5.02 Å². The van der Waals surface area contributed by atoms with Crippen LogP contribution in [-0.2, 0) is 24.6 Å². The van der Waals surface area contributed by atoms with E-state index in [9.17, 15) is 23.9 Å². The average Bonchev–Trinajstić information content (AvgIpc) is 3.69. The number of hydrogen-bond donors (Lipinski definition) is 2. The maximum absolute atomic E-state index is 15.4. The van der Waals surface area contributed by atoms with E-state index in [2.05, 4.69) is 15.7 Å². The molecule has 15 heteroatoms. The molecule has 1 saturated carbocycles. The highest BCUT2D eigenvalue weighted by molar-refractivity contribution is 6.30. The van der Waals surface area contributed by atoms with Crippen molar-refractivity contribution in [2.24, 2.45) is 39.8 Å². The van der Waals surface area contributed by atoms with Crippen LogP contribution in [0.15, 0.2) is 137 Å². The van der Waals surface area contributed by atoms with E-state index in [1.54, 1.807) is 66.7 Å². The molecule has 5 aromatic rings. The molecule has 2 N–H and O–H groups in total. The Kier molecular flexibility index (Phi) is 11.2. The van der Waals surface area contributed by atoms with Crippen molar-refractivity contribution in [1.82, 2.24) is 5.01 Å². The second-order valence-electron chi connectivity index (χ2n) is 16.7. The minimum Gasteiger partial charge on any atom is -0.502 e. The van der Waals surface area contributed by atoms with E-state index in [-0.39, 0.29) is 36.0 Å². The fourth-order valence-corrected chi connectivity index (χ4v) is 10.1. The Bertz CT molecular complexity index is 2770. The number of carbonyl (C=O) groups is 4. The van der Waals surface area contributed by atoms with Gasteiger partial charge in [-0.25, -0.2) is 4.39 Å².